The van der Waals surface area contributed by atoms with Crippen LogP contribution < -0.4 is 0 Å². The number of hydrogen-bond acceptors (Lipinski definition) is 2. The van der Waals surface area contributed by atoms with Gasteiger partial charge in [0.05, 0.1) is 0 Å². The number of nitrogens with zero attached hydrogens (tertiary/aromatic N) is 2. The van der Waals surface area contributed by atoms with Crippen LogP contribution in [-0.2, 0) is 17.8 Å². The highest BCUT2D eigenvalue weighted by Crippen LogP contribution is 2.21. The van der Waals surface area contributed by atoms with Crippen molar-refractivity contribution in [3.8, 4) is 0 Å². The molecule has 1 heterocycles. The normalized spacial score (nSPS) is 12.3. The molecule has 4 nitrogen and oxygen atoms in total. The van der Waals surface area contributed by atoms with Crippen LogP contribution in [0.4, 0.5) is 0 Å². The minimum Gasteiger partial charge on any atom is -0.481 e. The second-order valence-electron chi connectivity index (χ2n) is 4.29. The lowest BCUT2D eigenvalue weighted by molar-refractivity contribution is -0.139. The number of carbonyl (C=O) groups is 1. The molecule has 0 fully saturated rings. The molecule has 0 radical (unpaired) electrons. The third-order valence-corrected chi connectivity index (χ3v) is 3.30. The minimum absolute atomic E-state index is 0.406. The summed E-state index contributed by atoms with van der Waals surface area (Å²) in [4.78, 5) is 15.6. The molecule has 0 saturated heterocycles. The average Bonchev–Trinajstić information content (AvgIpc) is 2.85. The summed E-state index contributed by atoms with van der Waals surface area (Å²) in [6.45, 7) is 2.67. The first kappa shape index (κ1) is 13.6. The molecule has 0 bridgehead atoms. The zero-order chi connectivity index (χ0) is 13.8. The van der Waals surface area contributed by atoms with E-state index in [1.807, 2.05) is 23.6 Å². The van der Waals surface area contributed by atoms with Crippen LogP contribution in [0.25, 0.3) is 0 Å². The fourth-order valence-corrected chi connectivity index (χ4v) is 2.17. The first-order valence-electron chi connectivity index (χ1n) is 6.10. The molecule has 0 aliphatic carbocycles. The van der Waals surface area contributed by atoms with E-state index in [2.05, 4.69) is 4.98 Å². The summed E-state index contributed by atoms with van der Waals surface area (Å²) >= 11 is 5.83. The van der Waals surface area contributed by atoms with E-state index < -0.39 is 11.9 Å². The van der Waals surface area contributed by atoms with Gasteiger partial charge in [0.2, 0.25) is 0 Å². The van der Waals surface area contributed by atoms with Crippen molar-refractivity contribution in [1.82, 2.24) is 9.55 Å². The van der Waals surface area contributed by atoms with Gasteiger partial charge >= 0.3 is 5.97 Å². The molecule has 100 valence electrons. The molecule has 19 heavy (non-hydrogen) atoms. The summed E-state index contributed by atoms with van der Waals surface area (Å²) in [5.74, 6) is -0.920. The van der Waals surface area contributed by atoms with Crippen molar-refractivity contribution < 1.29 is 9.90 Å². The number of carboxylic acids is 1. The van der Waals surface area contributed by atoms with Gasteiger partial charge in [-0.15, -0.1) is 0 Å². The maximum absolute atomic E-state index is 11.5. The van der Waals surface area contributed by atoms with Gasteiger partial charge < -0.3 is 9.67 Å². The van der Waals surface area contributed by atoms with Crippen molar-refractivity contribution in [3.05, 3.63) is 53.1 Å². The van der Waals surface area contributed by atoms with Gasteiger partial charge in [-0.25, -0.2) is 4.98 Å². The highest BCUT2D eigenvalue weighted by molar-refractivity contribution is 6.30. The number of hydrogen-bond donors (Lipinski definition) is 1. The molecule has 2 aromatic rings. The second-order valence-corrected chi connectivity index (χ2v) is 4.73. The molecule has 0 amide bonds. The first-order valence-corrected chi connectivity index (χ1v) is 6.48. The molecule has 5 heteroatoms. The van der Waals surface area contributed by atoms with Gasteiger partial charge in [0, 0.05) is 24.0 Å². The topological polar surface area (TPSA) is 55.1 Å². The zero-order valence-electron chi connectivity index (χ0n) is 10.6. The summed E-state index contributed by atoms with van der Waals surface area (Å²) < 4.78 is 1.86. The summed E-state index contributed by atoms with van der Waals surface area (Å²) in [6, 6.07) is 7.22. The van der Waals surface area contributed by atoms with Crippen LogP contribution >= 0.6 is 11.6 Å². The third-order valence-electron chi connectivity index (χ3n) is 3.05. The van der Waals surface area contributed by atoms with Crippen LogP contribution in [0.1, 0.15) is 24.2 Å². The van der Waals surface area contributed by atoms with Crippen LogP contribution in [0, 0.1) is 0 Å². The molecule has 0 aliphatic heterocycles. The summed E-state index contributed by atoms with van der Waals surface area (Å²) in [5.41, 5.74) is 0.933. The van der Waals surface area contributed by atoms with E-state index in [1.165, 1.54) is 0 Å². The van der Waals surface area contributed by atoms with Crippen LogP contribution in [0.5, 0.6) is 0 Å². The van der Waals surface area contributed by atoms with Gasteiger partial charge in [-0.05, 0) is 31.0 Å². The number of aliphatic carboxylic acids is 1. The van der Waals surface area contributed by atoms with Gasteiger partial charge in [0.1, 0.15) is 11.7 Å². The molecule has 1 aromatic carbocycles. The predicted octanol–water partition coefficient (Wildman–Crippen LogP) is 2.97. The highest BCUT2D eigenvalue weighted by Gasteiger charge is 2.24. The lowest BCUT2D eigenvalue weighted by atomic mass is 9.98. The smallest absolute Gasteiger partial charge is 0.314 e. The van der Waals surface area contributed by atoms with E-state index in [-0.39, 0.29) is 0 Å². The van der Waals surface area contributed by atoms with E-state index >= 15 is 0 Å². The molecule has 1 aromatic heterocycles. The molecule has 0 aliphatic rings. The summed E-state index contributed by atoms with van der Waals surface area (Å²) in [5, 5.41) is 10.0. The molecule has 1 atom stereocenters. The van der Waals surface area contributed by atoms with Crippen LogP contribution in [-0.4, -0.2) is 20.6 Å². The SMILES string of the molecule is CCn1ccnc1C(Cc1ccc(Cl)cc1)C(=O)O. The van der Waals surface area contributed by atoms with E-state index in [4.69, 9.17) is 11.6 Å². The number of benzene rings is 1. The van der Waals surface area contributed by atoms with Crippen molar-refractivity contribution in [1.29, 1.82) is 0 Å². The first-order chi connectivity index (χ1) is 9.11. The van der Waals surface area contributed by atoms with Crippen LogP contribution in [0.2, 0.25) is 5.02 Å². The Bertz CT molecular complexity index is 563. The molecule has 2 rings (SSSR count). The molecule has 0 saturated carbocycles. The van der Waals surface area contributed by atoms with Crippen molar-refractivity contribution in [2.75, 3.05) is 0 Å². The third kappa shape index (κ3) is 3.15. The van der Waals surface area contributed by atoms with Crippen molar-refractivity contribution in [3.63, 3.8) is 0 Å². The van der Waals surface area contributed by atoms with Crippen molar-refractivity contribution in [2.24, 2.45) is 0 Å². The van der Waals surface area contributed by atoms with E-state index in [0.29, 0.717) is 23.8 Å². The maximum atomic E-state index is 11.5. The fourth-order valence-electron chi connectivity index (χ4n) is 2.04. The Morgan fingerprint density at radius 2 is 2.11 bits per heavy atom. The molecular weight excluding hydrogens is 264 g/mol. The van der Waals surface area contributed by atoms with Gasteiger partial charge in [0.15, 0.2) is 0 Å². The van der Waals surface area contributed by atoms with E-state index in [0.717, 1.165) is 5.56 Å². The number of rotatable bonds is 5. The van der Waals surface area contributed by atoms with Crippen molar-refractivity contribution >= 4 is 17.6 Å². The lowest BCUT2D eigenvalue weighted by Gasteiger charge is -2.13. The van der Waals surface area contributed by atoms with Gasteiger partial charge in [-0.2, -0.15) is 0 Å². The van der Waals surface area contributed by atoms with Crippen LogP contribution in [0.3, 0.4) is 0 Å². The number of halogens is 1. The standard InChI is InChI=1S/C14H15ClN2O2/c1-2-17-8-7-16-13(17)12(14(18)19)9-10-3-5-11(15)6-4-10/h3-8,12H,2,9H2,1H3,(H,18,19). The molecule has 1 unspecified atom stereocenters. The second kappa shape index (κ2) is 5.89. The van der Waals surface area contributed by atoms with Crippen molar-refractivity contribution in [2.45, 2.75) is 25.8 Å². The average molecular weight is 279 g/mol. The van der Waals surface area contributed by atoms with Gasteiger partial charge in [-0.1, -0.05) is 23.7 Å². The lowest BCUT2D eigenvalue weighted by Crippen LogP contribution is -2.19. The Hall–Kier alpha value is -1.81. The summed E-state index contributed by atoms with van der Waals surface area (Å²) in [7, 11) is 0. The quantitative estimate of drug-likeness (QED) is 0.915. The fraction of sp³-hybridized carbons (Fsp3) is 0.286. The monoisotopic (exact) mass is 278 g/mol. The largest absolute Gasteiger partial charge is 0.481 e. The molecule has 1 N–H and O–H groups in total. The van der Waals surface area contributed by atoms with E-state index in [9.17, 15) is 9.90 Å². The Morgan fingerprint density at radius 3 is 2.68 bits per heavy atom. The number of imidazole rings is 1. The highest BCUT2D eigenvalue weighted by atomic mass is 35.5. The predicted molar refractivity (Wildman–Crippen MR) is 73.4 cm³/mol. The Balaban J connectivity index is 2.26. The zero-order valence-corrected chi connectivity index (χ0v) is 11.3. The number of aryl methyl sites for hydroxylation is 1. The Morgan fingerprint density at radius 1 is 1.42 bits per heavy atom. The Kier molecular flexibility index (Phi) is 4.22. The molecular formula is C14H15ClN2O2. The Labute approximate surface area is 116 Å². The number of aromatic nitrogens is 2. The van der Waals surface area contributed by atoms with E-state index in [1.54, 1.807) is 24.5 Å². The van der Waals surface area contributed by atoms with Gasteiger partial charge in [0.25, 0.3) is 0 Å². The van der Waals surface area contributed by atoms with Crippen LogP contribution in [0.15, 0.2) is 36.7 Å². The van der Waals surface area contributed by atoms with Gasteiger partial charge in [-0.3, -0.25) is 4.79 Å². The molecule has 0 spiro atoms. The summed E-state index contributed by atoms with van der Waals surface area (Å²) in [6.07, 6.45) is 3.84. The minimum atomic E-state index is -0.865. The maximum Gasteiger partial charge on any atom is 0.314 e. The number of carboxylic acid groups (broad SMARTS) is 1.